The van der Waals surface area contributed by atoms with E-state index >= 15 is 0 Å². The number of hydrogen-bond acceptors (Lipinski definition) is 10. The van der Waals surface area contributed by atoms with Gasteiger partial charge in [-0.05, 0) is 85.6 Å². The lowest BCUT2D eigenvalue weighted by Crippen LogP contribution is -2.42. The van der Waals surface area contributed by atoms with Gasteiger partial charge in [0, 0.05) is 18.2 Å². The third-order valence-electron chi connectivity index (χ3n) is 6.85. The van der Waals surface area contributed by atoms with Crippen LogP contribution in [-0.4, -0.2) is 50.8 Å². The monoisotopic (exact) mass is 626 g/mol. The van der Waals surface area contributed by atoms with Gasteiger partial charge in [0.2, 0.25) is 6.79 Å². The predicted octanol–water partition coefficient (Wildman–Crippen LogP) is 4.49. The second-order valence-electron chi connectivity index (χ2n) is 12.8. The molecule has 2 aliphatic heterocycles. The summed E-state index contributed by atoms with van der Waals surface area (Å²) in [4.78, 5) is 37.1. The summed E-state index contributed by atoms with van der Waals surface area (Å²) < 4.78 is 54.9. The van der Waals surface area contributed by atoms with Crippen LogP contribution in [0.5, 0.6) is 11.5 Å². The number of benzene rings is 1. The molecule has 0 radical (unpaired) electrons. The van der Waals surface area contributed by atoms with Crippen LogP contribution in [0, 0.1) is 13.8 Å². The maximum absolute atomic E-state index is 13.6. The van der Waals surface area contributed by atoms with Gasteiger partial charge in [-0.15, -0.1) is 0 Å². The Morgan fingerprint density at radius 1 is 1.05 bits per heavy atom. The van der Waals surface area contributed by atoms with E-state index < -0.39 is 54.8 Å². The molecule has 2 aromatic rings. The van der Waals surface area contributed by atoms with Crippen LogP contribution in [0.3, 0.4) is 0 Å². The highest BCUT2D eigenvalue weighted by Gasteiger charge is 2.44. The third kappa shape index (κ3) is 8.36. The van der Waals surface area contributed by atoms with Gasteiger partial charge < -0.3 is 28.6 Å². The Bertz CT molecular complexity index is 1490. The molecule has 1 saturated heterocycles. The number of aromatic nitrogens is 2. The topological polar surface area (TPSA) is 146 Å². The normalized spacial score (nSPS) is 22.5. The van der Waals surface area contributed by atoms with Crippen molar-refractivity contribution in [3.05, 3.63) is 55.9 Å². The predicted molar refractivity (Wildman–Crippen MR) is 156 cm³/mol. The lowest BCUT2D eigenvalue weighted by atomic mass is 10.0. The average Bonchev–Trinajstić information content (AvgIpc) is 3.48. The molecule has 2 unspecified atom stereocenters. The Balaban J connectivity index is 1.57. The molecule has 1 N–H and O–H groups in total. The minimum absolute atomic E-state index is 0.0292. The maximum atomic E-state index is 13.6. The summed E-state index contributed by atoms with van der Waals surface area (Å²) in [6.07, 6.45) is -1.70. The summed E-state index contributed by atoms with van der Waals surface area (Å²) in [7, 11) is -4.50. The zero-order chi connectivity index (χ0) is 31.9. The van der Waals surface area contributed by atoms with E-state index in [0.29, 0.717) is 11.5 Å². The first-order valence-electron chi connectivity index (χ1n) is 14.2. The molecule has 1 aromatic carbocycles. The molecule has 5 atom stereocenters. The van der Waals surface area contributed by atoms with Crippen molar-refractivity contribution in [1.82, 2.24) is 9.13 Å². The Labute approximate surface area is 251 Å². The van der Waals surface area contributed by atoms with Gasteiger partial charge in [-0.1, -0.05) is 0 Å². The largest absolute Gasteiger partial charge is 0.473 e. The summed E-state index contributed by atoms with van der Waals surface area (Å²) in [6, 6.07) is 3.69. The maximum Gasteiger partial charge on any atom is 0.473 e. The van der Waals surface area contributed by atoms with Gasteiger partial charge in [0.25, 0.3) is 5.56 Å². The first-order chi connectivity index (χ1) is 19.8. The molecule has 1 fully saturated rings. The van der Waals surface area contributed by atoms with Crippen LogP contribution in [0.15, 0.2) is 27.9 Å². The van der Waals surface area contributed by atoms with E-state index in [9.17, 15) is 19.0 Å². The number of fused-ring (bicyclic) bond motifs is 1. The average molecular weight is 627 g/mol. The molecular formula is C29H43N2O11P. The van der Waals surface area contributed by atoms with E-state index in [4.69, 9.17) is 32.7 Å². The first kappa shape index (κ1) is 33.4. The summed E-state index contributed by atoms with van der Waals surface area (Å²) in [5, 5.41) is 0. The number of phosphoric ester groups is 1. The van der Waals surface area contributed by atoms with Crippen molar-refractivity contribution in [2.75, 3.05) is 13.4 Å². The molecule has 1 aromatic heterocycles. The van der Waals surface area contributed by atoms with E-state index in [1.165, 1.54) is 10.8 Å². The molecule has 2 aliphatic rings. The van der Waals surface area contributed by atoms with Gasteiger partial charge in [-0.2, -0.15) is 0 Å². The molecule has 0 saturated carbocycles. The summed E-state index contributed by atoms with van der Waals surface area (Å²) in [5.41, 5.74) is -0.609. The van der Waals surface area contributed by atoms with Crippen molar-refractivity contribution in [2.24, 2.45) is 0 Å². The zero-order valence-electron chi connectivity index (χ0n) is 26.2. The molecule has 13 nitrogen and oxygen atoms in total. The quantitative estimate of drug-likeness (QED) is 0.372. The highest BCUT2D eigenvalue weighted by molar-refractivity contribution is 7.47. The summed E-state index contributed by atoms with van der Waals surface area (Å²) in [6.45, 7) is 15.7. The van der Waals surface area contributed by atoms with Gasteiger partial charge in [0.05, 0.1) is 23.9 Å². The van der Waals surface area contributed by atoms with Crippen LogP contribution in [0.4, 0.5) is 0 Å². The fourth-order valence-electron chi connectivity index (χ4n) is 4.85. The smallest absolute Gasteiger partial charge is 0.454 e. The second-order valence-corrected chi connectivity index (χ2v) is 14.2. The fourth-order valence-corrected chi connectivity index (χ4v) is 6.15. The molecular weight excluding hydrogens is 583 g/mol. The van der Waals surface area contributed by atoms with Crippen LogP contribution in [-0.2, 0) is 34.6 Å². The van der Waals surface area contributed by atoms with Crippen molar-refractivity contribution >= 4 is 7.82 Å². The molecule has 240 valence electrons. The standard InChI is InChI=1S/C29H43N2O11P/c1-17-10-21-22(38-16-37-21)11-20(17)19(3)36-15-31-26(32)18(2)13-30(27(31)33)25-12-23(24(40-25)14-39-28(4,5)6)41-43(34,35)42-29(7,8)9/h10-11,13,19,23-25H,12,14-16H2,1-9H3,(H,34,35)/t19?,23-,24-,25-/m1/s1. The van der Waals surface area contributed by atoms with Crippen molar-refractivity contribution in [1.29, 1.82) is 0 Å². The number of phosphoric acid groups is 1. The van der Waals surface area contributed by atoms with Crippen molar-refractivity contribution in [2.45, 2.75) is 111 Å². The molecule has 0 amide bonds. The van der Waals surface area contributed by atoms with E-state index in [1.807, 2.05) is 46.8 Å². The molecule has 4 rings (SSSR count). The molecule has 0 aliphatic carbocycles. The number of rotatable bonds is 10. The molecule has 0 spiro atoms. The van der Waals surface area contributed by atoms with Crippen molar-refractivity contribution in [3.63, 3.8) is 0 Å². The minimum atomic E-state index is -4.50. The molecule has 0 bridgehead atoms. The third-order valence-corrected chi connectivity index (χ3v) is 8.16. The van der Waals surface area contributed by atoms with Crippen molar-refractivity contribution < 1.29 is 42.2 Å². The fraction of sp³-hybridized carbons (Fsp3) is 0.655. The SMILES string of the molecule is Cc1cc2c(cc1C(C)OCn1c(=O)c(C)cn([C@H]3C[C@@H](OP(=O)(O)OC(C)(C)C)[C@@H](COC(C)(C)C)O3)c1=O)OCO2. The molecule has 43 heavy (non-hydrogen) atoms. The minimum Gasteiger partial charge on any atom is -0.454 e. The van der Waals surface area contributed by atoms with Gasteiger partial charge in [0.1, 0.15) is 25.2 Å². The number of ether oxygens (including phenoxy) is 5. The Morgan fingerprint density at radius 3 is 2.33 bits per heavy atom. The van der Waals surface area contributed by atoms with Gasteiger partial charge >= 0.3 is 13.5 Å². The lowest BCUT2D eigenvalue weighted by molar-refractivity contribution is -0.100. The molecule has 14 heteroatoms. The number of nitrogens with zero attached hydrogens (tertiary/aromatic N) is 2. The van der Waals surface area contributed by atoms with E-state index in [2.05, 4.69) is 0 Å². The first-order valence-corrected chi connectivity index (χ1v) is 15.7. The Morgan fingerprint density at radius 2 is 1.70 bits per heavy atom. The zero-order valence-corrected chi connectivity index (χ0v) is 27.1. The number of hydrogen-bond donors (Lipinski definition) is 1. The summed E-state index contributed by atoms with van der Waals surface area (Å²) >= 11 is 0. The highest BCUT2D eigenvalue weighted by atomic mass is 31.2. The van der Waals surface area contributed by atoms with E-state index in [0.717, 1.165) is 15.7 Å². The number of aryl methyl sites for hydroxylation is 2. The van der Waals surface area contributed by atoms with Crippen LogP contribution in [0.25, 0.3) is 0 Å². The van der Waals surface area contributed by atoms with E-state index in [-0.39, 0.29) is 32.1 Å². The second kappa shape index (κ2) is 12.5. The van der Waals surface area contributed by atoms with Gasteiger partial charge in [-0.3, -0.25) is 18.4 Å². The van der Waals surface area contributed by atoms with Crippen LogP contribution < -0.4 is 20.7 Å². The van der Waals surface area contributed by atoms with Gasteiger partial charge in [-0.25, -0.2) is 13.9 Å². The highest BCUT2D eigenvalue weighted by Crippen LogP contribution is 2.51. The van der Waals surface area contributed by atoms with Crippen molar-refractivity contribution in [3.8, 4) is 11.5 Å². The Hall–Kier alpha value is -2.51. The lowest BCUT2D eigenvalue weighted by Gasteiger charge is -2.28. The van der Waals surface area contributed by atoms with Crippen LogP contribution in [0.1, 0.15) is 83.9 Å². The van der Waals surface area contributed by atoms with E-state index in [1.54, 1.807) is 27.7 Å². The van der Waals surface area contributed by atoms with Gasteiger partial charge in [0.15, 0.2) is 11.5 Å². The Kier molecular flexibility index (Phi) is 9.68. The summed E-state index contributed by atoms with van der Waals surface area (Å²) in [5.74, 6) is 1.26. The van der Waals surface area contributed by atoms with Crippen LogP contribution >= 0.6 is 7.82 Å². The van der Waals surface area contributed by atoms with Crippen LogP contribution in [0.2, 0.25) is 0 Å². The molecule has 3 heterocycles.